The van der Waals surface area contributed by atoms with Crippen molar-refractivity contribution in [2.75, 3.05) is 0 Å². The van der Waals surface area contributed by atoms with Crippen LogP contribution in [-0.4, -0.2) is 22.7 Å². The molecule has 0 saturated heterocycles. The fraction of sp³-hybridized carbons (Fsp3) is 0.364. The molecule has 4 nitrogen and oxygen atoms in total. The molecule has 0 unspecified atom stereocenters. The first-order valence-electron chi connectivity index (χ1n) is 4.99. The molecule has 0 spiro atoms. The fourth-order valence-electron chi connectivity index (χ4n) is 1.19. The lowest BCUT2D eigenvalue weighted by molar-refractivity contribution is -0.120. The van der Waals surface area contributed by atoms with E-state index in [0.717, 1.165) is 0 Å². The molecule has 1 aromatic rings. The highest BCUT2D eigenvalue weighted by Crippen LogP contribution is 2.08. The number of hydrogen-bond acceptors (Lipinski definition) is 3. The second-order valence-corrected chi connectivity index (χ2v) is 3.81. The van der Waals surface area contributed by atoms with Gasteiger partial charge < -0.3 is 5.32 Å². The Kier molecular flexibility index (Phi) is 4.43. The number of Topliss-reactive ketones (excluding diaryl/α,β-unsaturated/α-hetero) is 1. The van der Waals surface area contributed by atoms with Gasteiger partial charge in [-0.25, -0.2) is 0 Å². The molecule has 1 aromatic heterocycles. The number of pyridine rings is 1. The van der Waals surface area contributed by atoms with Gasteiger partial charge in [-0.15, -0.1) is 0 Å². The number of amides is 1. The van der Waals surface area contributed by atoms with E-state index in [1.165, 1.54) is 12.3 Å². The van der Waals surface area contributed by atoms with Gasteiger partial charge in [-0.05, 0) is 19.1 Å². The summed E-state index contributed by atoms with van der Waals surface area (Å²) in [6.45, 7) is 3.40. The molecule has 0 fully saturated rings. The smallest absolute Gasteiger partial charge is 0.270 e. The molecular formula is C11H13ClN2O2. The zero-order chi connectivity index (χ0) is 12.1. The summed E-state index contributed by atoms with van der Waals surface area (Å²) in [4.78, 5) is 26.8. The van der Waals surface area contributed by atoms with Crippen molar-refractivity contribution < 1.29 is 9.59 Å². The SMILES string of the molecule is CCC(=O)[C@H](C)NC(=O)c1cc(Cl)ccn1. The Labute approximate surface area is 99.0 Å². The molecule has 86 valence electrons. The molecular weight excluding hydrogens is 228 g/mol. The molecule has 16 heavy (non-hydrogen) atoms. The maximum atomic E-state index is 11.6. The predicted molar refractivity (Wildman–Crippen MR) is 61.5 cm³/mol. The molecule has 0 aliphatic rings. The highest BCUT2D eigenvalue weighted by Gasteiger charge is 2.15. The summed E-state index contributed by atoms with van der Waals surface area (Å²) in [5, 5.41) is 3.00. The second kappa shape index (κ2) is 5.61. The van der Waals surface area contributed by atoms with E-state index in [1.807, 2.05) is 0 Å². The number of halogens is 1. The van der Waals surface area contributed by atoms with Crippen LogP contribution < -0.4 is 5.32 Å². The summed E-state index contributed by atoms with van der Waals surface area (Å²) in [5.41, 5.74) is 0.211. The van der Waals surface area contributed by atoms with Crippen LogP contribution in [0.1, 0.15) is 30.8 Å². The quantitative estimate of drug-likeness (QED) is 0.874. The minimum Gasteiger partial charge on any atom is -0.341 e. The summed E-state index contributed by atoms with van der Waals surface area (Å²) in [7, 11) is 0. The Balaban J connectivity index is 2.69. The third-order valence-corrected chi connectivity index (χ3v) is 2.37. The molecule has 0 aromatic carbocycles. The Morgan fingerprint density at radius 3 is 2.81 bits per heavy atom. The summed E-state index contributed by atoms with van der Waals surface area (Å²) in [6.07, 6.45) is 1.84. The number of hydrogen-bond donors (Lipinski definition) is 1. The molecule has 1 N–H and O–H groups in total. The third kappa shape index (κ3) is 3.31. The van der Waals surface area contributed by atoms with Crippen molar-refractivity contribution in [1.29, 1.82) is 0 Å². The zero-order valence-electron chi connectivity index (χ0n) is 9.16. The van der Waals surface area contributed by atoms with Crippen LogP contribution in [0.3, 0.4) is 0 Å². The van der Waals surface area contributed by atoms with Gasteiger partial charge >= 0.3 is 0 Å². The number of nitrogens with one attached hydrogen (secondary N) is 1. The highest BCUT2D eigenvalue weighted by molar-refractivity contribution is 6.30. The number of aromatic nitrogens is 1. The van der Waals surface area contributed by atoms with Gasteiger partial charge in [0.25, 0.3) is 5.91 Å². The predicted octanol–water partition coefficient (Wildman–Crippen LogP) is 1.83. The average molecular weight is 241 g/mol. The number of rotatable bonds is 4. The topological polar surface area (TPSA) is 59.1 Å². The maximum absolute atomic E-state index is 11.6. The molecule has 1 heterocycles. The van der Waals surface area contributed by atoms with Crippen LogP contribution in [0, 0.1) is 0 Å². The average Bonchev–Trinajstić information content (AvgIpc) is 2.27. The highest BCUT2D eigenvalue weighted by atomic mass is 35.5. The number of carbonyl (C=O) groups excluding carboxylic acids is 2. The molecule has 1 amide bonds. The van der Waals surface area contributed by atoms with E-state index in [2.05, 4.69) is 10.3 Å². The molecule has 0 aliphatic carbocycles. The van der Waals surface area contributed by atoms with Crippen LogP contribution in [-0.2, 0) is 4.79 Å². The normalized spacial score (nSPS) is 11.9. The molecule has 1 rings (SSSR count). The van der Waals surface area contributed by atoms with Crippen molar-refractivity contribution in [3.63, 3.8) is 0 Å². The van der Waals surface area contributed by atoms with Crippen molar-refractivity contribution in [1.82, 2.24) is 10.3 Å². The van der Waals surface area contributed by atoms with E-state index < -0.39 is 11.9 Å². The van der Waals surface area contributed by atoms with E-state index in [0.29, 0.717) is 11.4 Å². The second-order valence-electron chi connectivity index (χ2n) is 3.37. The van der Waals surface area contributed by atoms with E-state index in [-0.39, 0.29) is 11.5 Å². The van der Waals surface area contributed by atoms with Gasteiger partial charge in [-0.2, -0.15) is 0 Å². The Hall–Kier alpha value is -1.42. The van der Waals surface area contributed by atoms with Gasteiger partial charge in [0.1, 0.15) is 5.69 Å². The van der Waals surface area contributed by atoms with Crippen LogP contribution in [0.15, 0.2) is 18.3 Å². The number of carbonyl (C=O) groups is 2. The van der Waals surface area contributed by atoms with E-state index in [9.17, 15) is 9.59 Å². The first-order chi connectivity index (χ1) is 7.54. The largest absolute Gasteiger partial charge is 0.341 e. The summed E-state index contributed by atoms with van der Waals surface area (Å²) >= 11 is 5.73. The van der Waals surface area contributed by atoms with Crippen LogP contribution in [0.25, 0.3) is 0 Å². The van der Waals surface area contributed by atoms with Crippen LogP contribution in [0.5, 0.6) is 0 Å². The first kappa shape index (κ1) is 12.6. The van der Waals surface area contributed by atoms with E-state index >= 15 is 0 Å². The molecule has 0 radical (unpaired) electrons. The maximum Gasteiger partial charge on any atom is 0.270 e. The molecule has 5 heteroatoms. The Bertz CT molecular complexity index is 407. The standard InChI is InChI=1S/C11H13ClN2O2/c1-3-10(15)7(2)14-11(16)9-6-8(12)4-5-13-9/h4-7H,3H2,1-2H3,(H,14,16)/t7-/m0/s1. The fourth-order valence-corrected chi connectivity index (χ4v) is 1.35. The molecule has 0 saturated carbocycles. The summed E-state index contributed by atoms with van der Waals surface area (Å²) < 4.78 is 0. The lowest BCUT2D eigenvalue weighted by atomic mass is 10.1. The zero-order valence-corrected chi connectivity index (χ0v) is 9.91. The van der Waals surface area contributed by atoms with Crippen LogP contribution in [0.2, 0.25) is 5.02 Å². The summed E-state index contributed by atoms with van der Waals surface area (Å²) in [5.74, 6) is -0.410. The van der Waals surface area contributed by atoms with E-state index in [4.69, 9.17) is 11.6 Å². The monoisotopic (exact) mass is 240 g/mol. The van der Waals surface area contributed by atoms with Crippen molar-refractivity contribution in [3.8, 4) is 0 Å². The minimum absolute atomic E-state index is 0.0182. The van der Waals surface area contributed by atoms with Gasteiger partial charge in [-0.3, -0.25) is 14.6 Å². The summed E-state index contributed by atoms with van der Waals surface area (Å²) in [6, 6.07) is 2.54. The van der Waals surface area contributed by atoms with Crippen LogP contribution in [0.4, 0.5) is 0 Å². The van der Waals surface area contributed by atoms with Crippen molar-refractivity contribution in [2.24, 2.45) is 0 Å². The van der Waals surface area contributed by atoms with Crippen molar-refractivity contribution >= 4 is 23.3 Å². The molecule has 1 atom stereocenters. The Morgan fingerprint density at radius 1 is 1.56 bits per heavy atom. The van der Waals surface area contributed by atoms with Gasteiger partial charge in [0.2, 0.25) is 0 Å². The lowest BCUT2D eigenvalue weighted by Crippen LogP contribution is -2.38. The van der Waals surface area contributed by atoms with Gasteiger partial charge in [0.15, 0.2) is 5.78 Å². The first-order valence-corrected chi connectivity index (χ1v) is 5.37. The molecule has 0 bridgehead atoms. The number of nitrogens with zero attached hydrogens (tertiary/aromatic N) is 1. The van der Waals surface area contributed by atoms with E-state index in [1.54, 1.807) is 19.9 Å². The Morgan fingerprint density at radius 2 is 2.25 bits per heavy atom. The van der Waals surface area contributed by atoms with Crippen molar-refractivity contribution in [2.45, 2.75) is 26.3 Å². The van der Waals surface area contributed by atoms with Crippen molar-refractivity contribution in [3.05, 3.63) is 29.0 Å². The molecule has 0 aliphatic heterocycles. The number of ketones is 1. The van der Waals surface area contributed by atoms with Gasteiger partial charge in [0.05, 0.1) is 6.04 Å². The van der Waals surface area contributed by atoms with Gasteiger partial charge in [-0.1, -0.05) is 18.5 Å². The van der Waals surface area contributed by atoms with Crippen LogP contribution >= 0.6 is 11.6 Å². The third-order valence-electron chi connectivity index (χ3n) is 2.13. The minimum atomic E-state index is -0.502. The van der Waals surface area contributed by atoms with Gasteiger partial charge in [0, 0.05) is 17.6 Å². The lowest BCUT2D eigenvalue weighted by Gasteiger charge is -2.11.